The Morgan fingerprint density at radius 2 is 2.03 bits per heavy atom. The number of likely N-dealkylation sites (N-methyl/N-ethyl adjacent to an activating group) is 1. The van der Waals surface area contributed by atoms with Crippen LogP contribution in [-0.4, -0.2) is 32.5 Å². The first-order valence-corrected chi connectivity index (χ1v) is 11.9. The Morgan fingerprint density at radius 3 is 2.80 bits per heavy atom. The number of fused-ring (bicyclic) bond motifs is 1. The van der Waals surface area contributed by atoms with Crippen LogP contribution >= 0.6 is 11.3 Å². The van der Waals surface area contributed by atoms with Crippen LogP contribution in [0.25, 0.3) is 11.3 Å². The molecule has 1 N–H and O–H groups in total. The average molecular weight is 444 g/mol. The third kappa shape index (κ3) is 4.17. The molecule has 1 aromatic heterocycles. The summed E-state index contributed by atoms with van der Waals surface area (Å²) in [6, 6.07) is 12.9. The van der Waals surface area contributed by atoms with E-state index in [0.717, 1.165) is 16.7 Å². The fourth-order valence-electron chi connectivity index (χ4n) is 3.31. The van der Waals surface area contributed by atoms with E-state index in [-0.39, 0.29) is 11.7 Å². The third-order valence-corrected chi connectivity index (χ3v) is 6.89. The summed E-state index contributed by atoms with van der Waals surface area (Å²) < 4.78 is 33.2. The van der Waals surface area contributed by atoms with E-state index in [2.05, 4.69) is 9.71 Å². The van der Waals surface area contributed by atoms with Gasteiger partial charge in [-0.25, -0.2) is 13.4 Å². The molecule has 0 aliphatic carbocycles. The lowest BCUT2D eigenvalue weighted by atomic mass is 10.1. The number of nitrogens with one attached hydrogen (secondary N) is 1. The number of nitrogens with zero attached hydrogens (tertiary/aromatic N) is 2. The van der Waals surface area contributed by atoms with E-state index in [1.165, 1.54) is 11.3 Å². The number of hydrogen-bond acceptors (Lipinski definition) is 6. The summed E-state index contributed by atoms with van der Waals surface area (Å²) in [7, 11) is -1.88. The molecule has 2 aromatic carbocycles. The van der Waals surface area contributed by atoms with Crippen molar-refractivity contribution < 1.29 is 17.9 Å². The normalized spacial score (nSPS) is 16.2. The van der Waals surface area contributed by atoms with E-state index < -0.39 is 16.1 Å². The summed E-state index contributed by atoms with van der Waals surface area (Å²) in [5.41, 5.74) is 3.78. The third-order valence-electron chi connectivity index (χ3n) is 4.78. The summed E-state index contributed by atoms with van der Waals surface area (Å²) in [4.78, 5) is 18.2. The van der Waals surface area contributed by atoms with E-state index >= 15 is 0 Å². The van der Waals surface area contributed by atoms with Gasteiger partial charge in [0.2, 0.25) is 10.0 Å². The molecule has 1 atom stereocenters. The highest BCUT2D eigenvalue weighted by molar-refractivity contribution is 7.92. The standard InChI is InChI=1S/C21H21N3O4S2/c1-13-5-4-6-15(9-13)12-30(26,27)23-21-22-17(11-29-21)16-7-8-19-18(10-16)24(3)20(25)14(2)28-19/h4-11,14H,12H2,1-3H3,(H,22,23). The Balaban J connectivity index is 1.54. The molecule has 0 saturated carbocycles. The highest BCUT2D eigenvalue weighted by Gasteiger charge is 2.29. The summed E-state index contributed by atoms with van der Waals surface area (Å²) in [6.45, 7) is 3.64. The number of carbonyl (C=O) groups excluding carboxylic acids is 1. The topological polar surface area (TPSA) is 88.6 Å². The maximum Gasteiger partial charge on any atom is 0.267 e. The van der Waals surface area contributed by atoms with Gasteiger partial charge in [-0.1, -0.05) is 29.8 Å². The average Bonchev–Trinajstić information content (AvgIpc) is 3.13. The van der Waals surface area contributed by atoms with E-state index in [9.17, 15) is 13.2 Å². The van der Waals surface area contributed by atoms with E-state index in [0.29, 0.717) is 22.3 Å². The van der Waals surface area contributed by atoms with Gasteiger partial charge in [-0.2, -0.15) is 0 Å². The van der Waals surface area contributed by atoms with Crippen molar-refractivity contribution in [3.8, 4) is 17.0 Å². The van der Waals surface area contributed by atoms with Gasteiger partial charge in [0.1, 0.15) is 5.75 Å². The Morgan fingerprint density at radius 1 is 1.23 bits per heavy atom. The number of aromatic nitrogens is 1. The molecule has 1 unspecified atom stereocenters. The van der Waals surface area contributed by atoms with Gasteiger partial charge in [-0.15, -0.1) is 11.3 Å². The number of anilines is 2. The van der Waals surface area contributed by atoms with Gasteiger partial charge in [0.05, 0.1) is 17.1 Å². The first-order chi connectivity index (χ1) is 14.2. The molecule has 0 saturated heterocycles. The Kier molecular flexibility index (Phi) is 5.25. The zero-order chi connectivity index (χ0) is 21.5. The lowest BCUT2D eigenvalue weighted by Gasteiger charge is -2.30. The molecular weight excluding hydrogens is 422 g/mol. The zero-order valence-corrected chi connectivity index (χ0v) is 18.4. The second kappa shape index (κ2) is 7.73. The zero-order valence-electron chi connectivity index (χ0n) is 16.7. The second-order valence-electron chi connectivity index (χ2n) is 7.23. The monoisotopic (exact) mass is 443 g/mol. The molecule has 0 fully saturated rings. The van der Waals surface area contributed by atoms with Crippen molar-refractivity contribution in [3.05, 3.63) is 59.0 Å². The number of hydrogen-bond donors (Lipinski definition) is 1. The van der Waals surface area contributed by atoms with Gasteiger partial charge in [0, 0.05) is 18.0 Å². The minimum atomic E-state index is -3.58. The molecule has 0 radical (unpaired) electrons. The van der Waals surface area contributed by atoms with Crippen LogP contribution in [0.4, 0.5) is 10.8 Å². The van der Waals surface area contributed by atoms with Crippen molar-refractivity contribution in [2.24, 2.45) is 0 Å². The van der Waals surface area contributed by atoms with Gasteiger partial charge >= 0.3 is 0 Å². The van der Waals surface area contributed by atoms with Crippen LogP contribution in [0.3, 0.4) is 0 Å². The molecule has 1 amide bonds. The Labute approximate surface area is 179 Å². The SMILES string of the molecule is Cc1cccc(CS(=O)(=O)Nc2nc(-c3ccc4c(c3)N(C)C(=O)C(C)O4)cs2)c1. The van der Waals surface area contributed by atoms with E-state index in [1.54, 1.807) is 36.4 Å². The van der Waals surface area contributed by atoms with Gasteiger partial charge in [-0.3, -0.25) is 9.52 Å². The summed E-state index contributed by atoms with van der Waals surface area (Å²) >= 11 is 1.21. The maximum atomic E-state index is 12.5. The quantitative estimate of drug-likeness (QED) is 0.648. The fourth-order valence-corrected chi connectivity index (χ4v) is 5.45. The molecule has 1 aliphatic heterocycles. The number of carbonyl (C=O) groups is 1. The highest BCUT2D eigenvalue weighted by atomic mass is 32.2. The molecule has 9 heteroatoms. The lowest BCUT2D eigenvalue weighted by Crippen LogP contribution is -2.41. The minimum absolute atomic E-state index is 0.120. The number of amides is 1. The molecule has 4 rings (SSSR count). The van der Waals surface area contributed by atoms with Gasteiger partial charge in [-0.05, 0) is 37.6 Å². The van der Waals surface area contributed by atoms with Crippen molar-refractivity contribution in [2.45, 2.75) is 25.7 Å². The van der Waals surface area contributed by atoms with Crippen LogP contribution in [0.2, 0.25) is 0 Å². The molecule has 3 aromatic rings. The van der Waals surface area contributed by atoms with Crippen LogP contribution in [0.5, 0.6) is 5.75 Å². The van der Waals surface area contributed by atoms with Gasteiger partial charge in [0.15, 0.2) is 11.2 Å². The van der Waals surface area contributed by atoms with Crippen molar-refractivity contribution in [1.82, 2.24) is 4.98 Å². The number of ether oxygens (including phenoxy) is 1. The minimum Gasteiger partial charge on any atom is -0.479 e. The fraction of sp³-hybridized carbons (Fsp3) is 0.238. The number of thiazole rings is 1. The summed E-state index contributed by atoms with van der Waals surface area (Å²) in [6.07, 6.45) is -0.526. The molecule has 156 valence electrons. The molecule has 7 nitrogen and oxygen atoms in total. The second-order valence-corrected chi connectivity index (χ2v) is 9.81. The molecule has 2 heterocycles. The predicted molar refractivity (Wildman–Crippen MR) is 118 cm³/mol. The Hall–Kier alpha value is -2.91. The maximum absolute atomic E-state index is 12.5. The van der Waals surface area contributed by atoms with Crippen LogP contribution in [-0.2, 0) is 20.6 Å². The van der Waals surface area contributed by atoms with Crippen molar-refractivity contribution in [2.75, 3.05) is 16.7 Å². The number of sulfonamides is 1. The Bertz CT molecular complexity index is 1220. The van der Waals surface area contributed by atoms with E-state index in [1.807, 2.05) is 37.3 Å². The predicted octanol–water partition coefficient (Wildman–Crippen LogP) is 3.80. The molecular formula is C21H21N3O4S2. The molecule has 0 bridgehead atoms. The van der Waals surface area contributed by atoms with Crippen molar-refractivity contribution in [1.29, 1.82) is 0 Å². The lowest BCUT2D eigenvalue weighted by molar-refractivity contribution is -0.125. The number of aryl methyl sites for hydroxylation is 1. The van der Waals surface area contributed by atoms with Crippen molar-refractivity contribution in [3.63, 3.8) is 0 Å². The first kappa shape index (κ1) is 20.4. The summed E-state index contributed by atoms with van der Waals surface area (Å²) in [5, 5.41) is 2.07. The molecule has 30 heavy (non-hydrogen) atoms. The van der Waals surface area contributed by atoms with Gasteiger partial charge < -0.3 is 9.64 Å². The smallest absolute Gasteiger partial charge is 0.267 e. The van der Waals surface area contributed by atoms with Crippen molar-refractivity contribution >= 4 is 38.1 Å². The van der Waals surface area contributed by atoms with Crippen LogP contribution in [0, 0.1) is 6.92 Å². The molecule has 0 spiro atoms. The molecule has 1 aliphatic rings. The van der Waals surface area contributed by atoms with Crippen LogP contribution < -0.4 is 14.4 Å². The largest absolute Gasteiger partial charge is 0.479 e. The number of rotatable bonds is 5. The highest BCUT2D eigenvalue weighted by Crippen LogP contribution is 2.37. The summed E-state index contributed by atoms with van der Waals surface area (Å²) in [5.74, 6) is 0.385. The van der Waals surface area contributed by atoms with E-state index in [4.69, 9.17) is 4.74 Å². The van der Waals surface area contributed by atoms with Gasteiger partial charge in [0.25, 0.3) is 5.91 Å². The van der Waals surface area contributed by atoms with Crippen LogP contribution in [0.1, 0.15) is 18.1 Å². The number of benzene rings is 2. The van der Waals surface area contributed by atoms with Crippen LogP contribution in [0.15, 0.2) is 47.8 Å². The first-order valence-electron chi connectivity index (χ1n) is 9.32.